The number of nitrogens with zero attached hydrogens (tertiary/aromatic N) is 1. The number of amides is 1. The van der Waals surface area contributed by atoms with Gasteiger partial charge >= 0.3 is 0 Å². The van der Waals surface area contributed by atoms with Crippen LogP contribution in [0.5, 0.6) is 0 Å². The highest BCUT2D eigenvalue weighted by Crippen LogP contribution is 2.23. The summed E-state index contributed by atoms with van der Waals surface area (Å²) in [6.45, 7) is 8.07. The van der Waals surface area contributed by atoms with Gasteiger partial charge in [0.1, 0.15) is 6.04 Å². The fourth-order valence-electron chi connectivity index (χ4n) is 3.06. The minimum Gasteiger partial charge on any atom is -0.353 e. The van der Waals surface area contributed by atoms with E-state index in [0.717, 1.165) is 28.9 Å². The Morgan fingerprint density at radius 1 is 1.10 bits per heavy atom. The predicted molar refractivity (Wildman–Crippen MR) is 123 cm³/mol. The molecule has 2 aromatic rings. The highest BCUT2D eigenvalue weighted by atomic mass is 32.2. The van der Waals surface area contributed by atoms with Crippen LogP contribution in [0.4, 0.5) is 5.69 Å². The molecule has 0 aromatic heterocycles. The van der Waals surface area contributed by atoms with Gasteiger partial charge in [0.25, 0.3) is 0 Å². The Labute approximate surface area is 178 Å². The van der Waals surface area contributed by atoms with Crippen molar-refractivity contribution in [1.82, 2.24) is 5.32 Å². The summed E-state index contributed by atoms with van der Waals surface area (Å²) in [6.07, 6.45) is 1.13. The number of hydrogen-bond acceptors (Lipinski definition) is 4. The first-order chi connectivity index (χ1) is 13.6. The molecule has 0 bridgehead atoms. The number of thioether (sulfide) groups is 1. The first-order valence-electron chi connectivity index (χ1n) is 9.57. The van der Waals surface area contributed by atoms with Crippen LogP contribution in [0.3, 0.4) is 0 Å². The van der Waals surface area contributed by atoms with Crippen LogP contribution in [0.25, 0.3) is 0 Å². The van der Waals surface area contributed by atoms with E-state index in [1.807, 2.05) is 26.0 Å². The molecular formula is C22H30N2O3S2. The van der Waals surface area contributed by atoms with Crippen LogP contribution in [-0.4, -0.2) is 38.9 Å². The van der Waals surface area contributed by atoms with Gasteiger partial charge in [-0.15, -0.1) is 0 Å². The summed E-state index contributed by atoms with van der Waals surface area (Å²) < 4.78 is 25.9. The molecule has 0 spiro atoms. The molecule has 1 atom stereocenters. The number of benzene rings is 2. The van der Waals surface area contributed by atoms with E-state index in [9.17, 15) is 13.2 Å². The second kappa shape index (κ2) is 10.2. The fourth-order valence-corrected chi connectivity index (χ4v) is 5.03. The van der Waals surface area contributed by atoms with Crippen molar-refractivity contribution in [3.05, 3.63) is 64.7 Å². The molecule has 0 aliphatic rings. The lowest BCUT2D eigenvalue weighted by Gasteiger charge is -2.28. The Hall–Kier alpha value is -1.99. The molecule has 2 rings (SSSR count). The fraction of sp³-hybridized carbons (Fsp3) is 0.409. The van der Waals surface area contributed by atoms with Gasteiger partial charge in [-0.2, -0.15) is 11.8 Å². The van der Waals surface area contributed by atoms with Crippen LogP contribution in [-0.2, 0) is 20.6 Å². The third kappa shape index (κ3) is 6.78. The molecule has 0 saturated carbocycles. The van der Waals surface area contributed by atoms with Crippen LogP contribution in [0.1, 0.15) is 29.2 Å². The number of rotatable bonds is 9. The summed E-state index contributed by atoms with van der Waals surface area (Å²) in [7, 11) is -3.60. The van der Waals surface area contributed by atoms with Crippen LogP contribution in [0.2, 0.25) is 0 Å². The number of carbonyl (C=O) groups is 1. The molecule has 0 saturated heterocycles. The summed E-state index contributed by atoms with van der Waals surface area (Å²) in [5.74, 6) is 1.34. The zero-order chi connectivity index (χ0) is 21.6. The van der Waals surface area contributed by atoms with Gasteiger partial charge in [0.2, 0.25) is 15.9 Å². The van der Waals surface area contributed by atoms with Crippen molar-refractivity contribution in [2.24, 2.45) is 0 Å². The Morgan fingerprint density at radius 3 is 2.45 bits per heavy atom. The van der Waals surface area contributed by atoms with E-state index < -0.39 is 16.1 Å². The normalized spacial score (nSPS) is 12.4. The zero-order valence-electron chi connectivity index (χ0n) is 17.7. The number of anilines is 1. The van der Waals surface area contributed by atoms with Gasteiger partial charge in [0, 0.05) is 18.1 Å². The van der Waals surface area contributed by atoms with E-state index in [1.165, 1.54) is 15.4 Å². The Balaban J connectivity index is 1.94. The summed E-state index contributed by atoms with van der Waals surface area (Å²) in [5.41, 5.74) is 5.05. The highest BCUT2D eigenvalue weighted by molar-refractivity contribution is 7.98. The maximum Gasteiger partial charge on any atom is 0.243 e. The lowest BCUT2D eigenvalue weighted by Crippen LogP contribution is -2.48. The Morgan fingerprint density at radius 2 is 1.83 bits per heavy atom. The molecule has 0 radical (unpaired) electrons. The minimum absolute atomic E-state index is 0.301. The van der Waals surface area contributed by atoms with Crippen molar-refractivity contribution in [3.8, 4) is 0 Å². The van der Waals surface area contributed by atoms with Crippen molar-refractivity contribution in [2.45, 2.75) is 39.5 Å². The SMILES string of the molecule is Cc1cccc(CSCCNC(=O)[C@@H](C)N(c2ccc(C)c(C)c2)S(C)(=O)=O)c1. The van der Waals surface area contributed by atoms with Crippen LogP contribution in [0.15, 0.2) is 42.5 Å². The maximum atomic E-state index is 12.6. The monoisotopic (exact) mass is 434 g/mol. The molecule has 0 aliphatic carbocycles. The Kier molecular flexibility index (Phi) is 8.16. The molecule has 0 unspecified atom stereocenters. The van der Waals surface area contributed by atoms with Crippen molar-refractivity contribution in [2.75, 3.05) is 22.9 Å². The van der Waals surface area contributed by atoms with Crippen molar-refractivity contribution < 1.29 is 13.2 Å². The summed E-state index contributed by atoms with van der Waals surface area (Å²) in [5, 5.41) is 2.86. The summed E-state index contributed by atoms with van der Waals surface area (Å²) >= 11 is 1.74. The van der Waals surface area contributed by atoms with E-state index in [-0.39, 0.29) is 5.91 Å². The van der Waals surface area contributed by atoms with E-state index in [0.29, 0.717) is 12.2 Å². The standard InChI is InChI=1S/C22H30N2O3S2/c1-16-7-6-8-20(13-16)15-28-12-11-23-22(25)19(4)24(29(5,26)27)21-10-9-17(2)18(3)14-21/h6-10,13-14,19H,11-12,15H2,1-5H3,(H,23,25)/t19-/m1/s1. The average molecular weight is 435 g/mol. The number of hydrogen-bond donors (Lipinski definition) is 1. The van der Waals surface area contributed by atoms with E-state index in [1.54, 1.807) is 30.8 Å². The quantitative estimate of drug-likeness (QED) is 0.610. The Bertz CT molecular complexity index is 958. The first kappa shape index (κ1) is 23.3. The molecule has 29 heavy (non-hydrogen) atoms. The second-order valence-corrected chi connectivity index (χ2v) is 10.3. The molecule has 158 valence electrons. The molecule has 1 amide bonds. The van der Waals surface area contributed by atoms with E-state index in [2.05, 4.69) is 30.4 Å². The summed E-state index contributed by atoms with van der Waals surface area (Å²) in [4.78, 5) is 12.6. The number of aryl methyl sites for hydroxylation is 3. The van der Waals surface area contributed by atoms with E-state index >= 15 is 0 Å². The number of nitrogens with one attached hydrogen (secondary N) is 1. The number of sulfonamides is 1. The molecule has 7 heteroatoms. The third-order valence-corrected chi connectivity index (χ3v) is 7.00. The predicted octanol–water partition coefficient (Wildman–Crippen LogP) is 3.82. The third-order valence-electron chi connectivity index (χ3n) is 4.73. The van der Waals surface area contributed by atoms with Crippen LogP contribution >= 0.6 is 11.8 Å². The zero-order valence-corrected chi connectivity index (χ0v) is 19.4. The minimum atomic E-state index is -3.60. The van der Waals surface area contributed by atoms with Crippen molar-refractivity contribution in [3.63, 3.8) is 0 Å². The molecule has 0 aliphatic heterocycles. The second-order valence-electron chi connectivity index (χ2n) is 7.34. The molecule has 0 heterocycles. The molecular weight excluding hydrogens is 404 g/mol. The van der Waals surface area contributed by atoms with Crippen molar-refractivity contribution >= 4 is 33.4 Å². The van der Waals surface area contributed by atoms with Gasteiger partial charge in [-0.1, -0.05) is 35.9 Å². The average Bonchev–Trinajstić information content (AvgIpc) is 2.63. The maximum absolute atomic E-state index is 12.6. The van der Waals surface area contributed by atoms with Gasteiger partial charge in [-0.05, 0) is 56.5 Å². The van der Waals surface area contributed by atoms with Gasteiger partial charge < -0.3 is 5.32 Å². The highest BCUT2D eigenvalue weighted by Gasteiger charge is 2.29. The van der Waals surface area contributed by atoms with Crippen LogP contribution in [0, 0.1) is 20.8 Å². The molecule has 0 fully saturated rings. The number of carbonyl (C=O) groups excluding carboxylic acids is 1. The molecule has 5 nitrogen and oxygen atoms in total. The smallest absolute Gasteiger partial charge is 0.243 e. The topological polar surface area (TPSA) is 66.5 Å². The van der Waals surface area contributed by atoms with Gasteiger partial charge in [0.05, 0.1) is 11.9 Å². The van der Waals surface area contributed by atoms with Crippen molar-refractivity contribution in [1.29, 1.82) is 0 Å². The van der Waals surface area contributed by atoms with Gasteiger partial charge in [0.15, 0.2) is 0 Å². The largest absolute Gasteiger partial charge is 0.353 e. The van der Waals surface area contributed by atoms with Gasteiger partial charge in [-0.3, -0.25) is 9.10 Å². The molecule has 2 aromatic carbocycles. The van der Waals surface area contributed by atoms with Crippen LogP contribution < -0.4 is 9.62 Å². The van der Waals surface area contributed by atoms with E-state index in [4.69, 9.17) is 0 Å². The lowest BCUT2D eigenvalue weighted by atomic mass is 10.1. The first-order valence-corrected chi connectivity index (χ1v) is 12.6. The summed E-state index contributed by atoms with van der Waals surface area (Å²) in [6, 6.07) is 12.9. The lowest BCUT2D eigenvalue weighted by molar-refractivity contribution is -0.121. The van der Waals surface area contributed by atoms with Gasteiger partial charge in [-0.25, -0.2) is 8.42 Å². The molecule has 1 N–H and O–H groups in total.